The molecule has 0 saturated heterocycles. The fourth-order valence-electron chi connectivity index (χ4n) is 2.88. The van der Waals surface area contributed by atoms with Crippen LogP contribution in [0.2, 0.25) is 0 Å². The summed E-state index contributed by atoms with van der Waals surface area (Å²) in [6.45, 7) is 1.77. The maximum atomic E-state index is 13.4. The molecule has 0 spiro atoms. The molecular formula is C17H14FN7O. The topological polar surface area (TPSA) is 97.6 Å². The Balaban J connectivity index is 1.77. The second kappa shape index (κ2) is 6.36. The first kappa shape index (κ1) is 15.9. The van der Waals surface area contributed by atoms with Crippen LogP contribution in [0, 0.1) is 5.82 Å². The van der Waals surface area contributed by atoms with Crippen molar-refractivity contribution in [1.82, 2.24) is 25.2 Å². The fraction of sp³-hybridized carbons (Fsp3) is 0.118. The van der Waals surface area contributed by atoms with Gasteiger partial charge in [-0.3, -0.25) is 4.79 Å². The number of pyridine rings is 1. The molecule has 2 N–H and O–H groups in total. The Hall–Kier alpha value is -3.62. The molecule has 3 heterocycles. The summed E-state index contributed by atoms with van der Waals surface area (Å²) in [6.07, 6.45) is 1.59. The van der Waals surface area contributed by atoms with E-state index in [4.69, 9.17) is 0 Å². The van der Waals surface area contributed by atoms with E-state index >= 15 is 0 Å². The van der Waals surface area contributed by atoms with Crippen molar-refractivity contribution in [2.75, 3.05) is 10.6 Å². The van der Waals surface area contributed by atoms with E-state index in [1.54, 1.807) is 43.5 Å². The Kier molecular flexibility index (Phi) is 3.88. The summed E-state index contributed by atoms with van der Waals surface area (Å²) in [5.41, 5.74) is 1.71. The van der Waals surface area contributed by atoms with Crippen LogP contribution in [0.3, 0.4) is 0 Å². The van der Waals surface area contributed by atoms with Crippen LogP contribution in [-0.2, 0) is 4.79 Å². The summed E-state index contributed by atoms with van der Waals surface area (Å²) in [7, 11) is 0. The number of nitrogens with one attached hydrogen (secondary N) is 2. The molecule has 0 fully saturated rings. The van der Waals surface area contributed by atoms with E-state index in [1.807, 2.05) is 0 Å². The minimum absolute atomic E-state index is 0.343. The number of halogens is 1. The zero-order valence-electron chi connectivity index (χ0n) is 13.7. The number of nitrogens with zero attached hydrogens (tertiary/aromatic N) is 5. The zero-order valence-corrected chi connectivity index (χ0v) is 13.7. The van der Waals surface area contributed by atoms with E-state index in [-0.39, 0.29) is 11.7 Å². The van der Waals surface area contributed by atoms with Crippen LogP contribution in [0.25, 0.3) is 0 Å². The summed E-state index contributed by atoms with van der Waals surface area (Å²) in [6, 6.07) is 10.5. The van der Waals surface area contributed by atoms with E-state index in [0.29, 0.717) is 28.6 Å². The largest absolute Gasteiger partial charge is 0.326 e. The van der Waals surface area contributed by atoms with Crippen molar-refractivity contribution < 1.29 is 9.18 Å². The van der Waals surface area contributed by atoms with E-state index in [2.05, 4.69) is 31.1 Å². The summed E-state index contributed by atoms with van der Waals surface area (Å²) in [5, 5.41) is 17.4. The van der Waals surface area contributed by atoms with Crippen molar-refractivity contribution in [2.45, 2.75) is 13.0 Å². The molecule has 9 heteroatoms. The van der Waals surface area contributed by atoms with Crippen molar-refractivity contribution in [2.24, 2.45) is 0 Å². The molecule has 1 aliphatic rings. The number of benzene rings is 1. The minimum Gasteiger partial charge on any atom is -0.326 e. The van der Waals surface area contributed by atoms with Gasteiger partial charge in [0.2, 0.25) is 5.95 Å². The smallest absolute Gasteiger partial charge is 0.257 e. The van der Waals surface area contributed by atoms with E-state index in [9.17, 15) is 9.18 Å². The number of rotatable bonds is 3. The average molecular weight is 351 g/mol. The lowest BCUT2D eigenvalue weighted by atomic mass is 9.95. The van der Waals surface area contributed by atoms with Crippen LogP contribution >= 0.6 is 0 Å². The highest BCUT2D eigenvalue weighted by molar-refractivity contribution is 6.05. The number of amides is 1. The maximum Gasteiger partial charge on any atom is 0.257 e. The third-order valence-electron chi connectivity index (χ3n) is 4.05. The van der Waals surface area contributed by atoms with Gasteiger partial charge in [0.05, 0.1) is 5.57 Å². The lowest BCUT2D eigenvalue weighted by molar-refractivity contribution is -0.113. The van der Waals surface area contributed by atoms with Gasteiger partial charge < -0.3 is 10.6 Å². The molecule has 0 radical (unpaired) electrons. The number of hydrogen-bond acceptors (Lipinski definition) is 6. The number of fused-ring (bicyclic) bond motifs is 1. The standard InChI is InChI=1S/C17H14FN7O/c1-10-14(16(26)21-13-4-2-3-9-19-13)15(11-5-7-12(18)8-6-11)25-17(20-10)22-23-24-25/h2-9,15H,1H3,(H,19,21,26)(H,20,22,24). The SMILES string of the molecule is CC1=C(C(=O)Nc2ccccn2)C(c2ccc(F)cc2)n2nnnc2N1. The Morgan fingerprint density at radius 3 is 2.77 bits per heavy atom. The molecule has 1 atom stereocenters. The normalized spacial score (nSPS) is 16.0. The number of carbonyl (C=O) groups is 1. The first-order chi connectivity index (χ1) is 12.6. The van der Waals surface area contributed by atoms with Crippen LogP contribution in [0.4, 0.5) is 16.2 Å². The highest BCUT2D eigenvalue weighted by Crippen LogP contribution is 2.34. The van der Waals surface area contributed by atoms with Gasteiger partial charge in [-0.2, -0.15) is 4.68 Å². The third kappa shape index (κ3) is 2.79. The summed E-state index contributed by atoms with van der Waals surface area (Å²) >= 11 is 0. The summed E-state index contributed by atoms with van der Waals surface area (Å²) in [4.78, 5) is 17.1. The van der Waals surface area contributed by atoms with Gasteiger partial charge in [0.25, 0.3) is 5.91 Å². The van der Waals surface area contributed by atoms with E-state index in [0.717, 1.165) is 0 Å². The predicted octanol–water partition coefficient (Wildman–Crippen LogP) is 2.13. The minimum atomic E-state index is -0.592. The van der Waals surface area contributed by atoms with Gasteiger partial charge in [0.1, 0.15) is 17.7 Å². The molecule has 3 aromatic rings. The molecule has 0 aliphatic carbocycles. The number of tetrazole rings is 1. The first-order valence-electron chi connectivity index (χ1n) is 7.87. The van der Waals surface area contributed by atoms with Crippen LogP contribution in [0.1, 0.15) is 18.5 Å². The van der Waals surface area contributed by atoms with Gasteiger partial charge in [-0.15, -0.1) is 0 Å². The monoisotopic (exact) mass is 351 g/mol. The second-order valence-electron chi connectivity index (χ2n) is 5.73. The number of hydrogen-bond donors (Lipinski definition) is 2. The molecular weight excluding hydrogens is 337 g/mol. The van der Waals surface area contributed by atoms with Gasteiger partial charge in [-0.05, 0) is 47.2 Å². The molecule has 1 aromatic carbocycles. The lowest BCUT2D eigenvalue weighted by Crippen LogP contribution is -2.31. The Morgan fingerprint density at radius 2 is 2.04 bits per heavy atom. The van der Waals surface area contributed by atoms with Crippen molar-refractivity contribution in [3.05, 3.63) is 71.3 Å². The van der Waals surface area contributed by atoms with Gasteiger partial charge >= 0.3 is 0 Å². The summed E-state index contributed by atoms with van der Waals surface area (Å²) in [5.74, 6) is 0.133. The molecule has 2 aromatic heterocycles. The highest BCUT2D eigenvalue weighted by Gasteiger charge is 2.34. The van der Waals surface area contributed by atoms with E-state index < -0.39 is 6.04 Å². The Morgan fingerprint density at radius 1 is 1.23 bits per heavy atom. The number of anilines is 2. The molecule has 1 amide bonds. The van der Waals surface area contributed by atoms with Crippen molar-refractivity contribution in [3.8, 4) is 0 Å². The van der Waals surface area contributed by atoms with Crippen molar-refractivity contribution in [3.63, 3.8) is 0 Å². The van der Waals surface area contributed by atoms with Gasteiger partial charge in [0, 0.05) is 11.9 Å². The average Bonchev–Trinajstić information content (AvgIpc) is 3.10. The van der Waals surface area contributed by atoms with Crippen molar-refractivity contribution in [1.29, 1.82) is 0 Å². The molecule has 0 bridgehead atoms. The zero-order chi connectivity index (χ0) is 18.1. The molecule has 1 aliphatic heterocycles. The maximum absolute atomic E-state index is 13.4. The third-order valence-corrected chi connectivity index (χ3v) is 4.05. The predicted molar refractivity (Wildman–Crippen MR) is 91.5 cm³/mol. The second-order valence-corrected chi connectivity index (χ2v) is 5.73. The molecule has 4 rings (SSSR count). The summed E-state index contributed by atoms with van der Waals surface area (Å²) < 4.78 is 14.8. The fourth-order valence-corrected chi connectivity index (χ4v) is 2.88. The molecule has 26 heavy (non-hydrogen) atoms. The van der Waals surface area contributed by atoms with Gasteiger partial charge in [0.15, 0.2) is 0 Å². The van der Waals surface area contributed by atoms with Crippen LogP contribution in [0.15, 0.2) is 59.9 Å². The van der Waals surface area contributed by atoms with Gasteiger partial charge in [-0.1, -0.05) is 23.3 Å². The van der Waals surface area contributed by atoms with Crippen molar-refractivity contribution >= 4 is 17.7 Å². The van der Waals surface area contributed by atoms with Crippen LogP contribution in [0.5, 0.6) is 0 Å². The number of aromatic nitrogens is 5. The van der Waals surface area contributed by atoms with Gasteiger partial charge in [-0.25, -0.2) is 9.37 Å². The number of carbonyl (C=O) groups excluding carboxylic acids is 1. The molecule has 130 valence electrons. The van der Waals surface area contributed by atoms with E-state index in [1.165, 1.54) is 16.8 Å². The van der Waals surface area contributed by atoms with Crippen LogP contribution < -0.4 is 10.6 Å². The molecule has 0 saturated carbocycles. The van der Waals surface area contributed by atoms with Crippen LogP contribution in [-0.4, -0.2) is 31.1 Å². The Labute approximate surface area is 147 Å². The lowest BCUT2D eigenvalue weighted by Gasteiger charge is -2.27. The number of allylic oxidation sites excluding steroid dienone is 1. The molecule has 8 nitrogen and oxygen atoms in total. The highest BCUT2D eigenvalue weighted by atomic mass is 19.1. The Bertz CT molecular complexity index is 982. The quantitative estimate of drug-likeness (QED) is 0.750. The first-order valence-corrected chi connectivity index (χ1v) is 7.87. The molecule has 1 unspecified atom stereocenters.